The zero-order valence-corrected chi connectivity index (χ0v) is 24.8. The summed E-state index contributed by atoms with van der Waals surface area (Å²) in [5, 5.41) is 16.9. The Morgan fingerprint density at radius 3 is 2.05 bits per heavy atom. The first-order valence-corrected chi connectivity index (χ1v) is 15.3. The van der Waals surface area contributed by atoms with E-state index in [4.69, 9.17) is 4.84 Å². The van der Waals surface area contributed by atoms with Gasteiger partial charge in [-0.25, -0.2) is 4.79 Å². The van der Waals surface area contributed by atoms with Crippen LogP contribution in [0.1, 0.15) is 39.0 Å². The fourth-order valence-electron chi connectivity index (χ4n) is 4.69. The maximum absolute atomic E-state index is 13.4. The van der Waals surface area contributed by atoms with Gasteiger partial charge >= 0.3 is 5.97 Å². The van der Waals surface area contributed by atoms with E-state index in [2.05, 4.69) is 34.7 Å². The van der Waals surface area contributed by atoms with Crippen molar-refractivity contribution < 1.29 is 19.5 Å². The van der Waals surface area contributed by atoms with Crippen LogP contribution in [-0.2, 0) is 29.1 Å². The van der Waals surface area contributed by atoms with Gasteiger partial charge in [-0.2, -0.15) is 11.8 Å². The van der Waals surface area contributed by atoms with Crippen LogP contribution >= 0.6 is 11.8 Å². The summed E-state index contributed by atoms with van der Waals surface area (Å²) in [5.74, 6) is -0.824. The normalized spacial score (nSPS) is 11.4. The lowest BCUT2D eigenvalue weighted by atomic mass is 9.93. The van der Waals surface area contributed by atoms with Crippen molar-refractivity contribution in [2.75, 3.05) is 12.0 Å². The highest BCUT2D eigenvalue weighted by molar-refractivity contribution is 7.98. The number of carbonyl (C=O) groups excluding carboxylic acids is 1. The minimum atomic E-state index is -1.04. The average molecular weight is 581 g/mol. The van der Waals surface area contributed by atoms with Crippen molar-refractivity contribution >= 4 is 29.4 Å². The maximum atomic E-state index is 13.4. The second-order valence-corrected chi connectivity index (χ2v) is 11.1. The minimum absolute atomic E-state index is 0.222. The van der Waals surface area contributed by atoms with Crippen LogP contribution in [0.5, 0.6) is 0 Å². The van der Waals surface area contributed by atoms with Gasteiger partial charge in [-0.1, -0.05) is 96.2 Å². The van der Waals surface area contributed by atoms with Crippen molar-refractivity contribution in [1.82, 2.24) is 5.32 Å². The van der Waals surface area contributed by atoms with E-state index in [1.807, 2.05) is 86.0 Å². The second kappa shape index (κ2) is 15.6. The van der Waals surface area contributed by atoms with Crippen LogP contribution in [0.2, 0.25) is 0 Å². The summed E-state index contributed by atoms with van der Waals surface area (Å²) in [7, 11) is 0. The highest BCUT2D eigenvalue weighted by atomic mass is 32.2. The van der Waals surface area contributed by atoms with Gasteiger partial charge in [0, 0.05) is 18.4 Å². The zero-order chi connectivity index (χ0) is 29.7. The number of amides is 1. The molecule has 0 spiro atoms. The number of carboxylic acids is 1. The maximum Gasteiger partial charge on any atom is 0.326 e. The number of aryl methyl sites for hydroxylation is 1. The standard InChI is InChI=1S/C35H36N2O4S/c1-25-11-9-10-16-30(25)32-23-28(17-18-31(32)34(38)36-33(35(39)40)19-20-42-2)24-41-37-29(21-26-12-5-3-6-13-26)22-27-14-7-4-8-15-27/h3-18,23,33H,19-22,24H2,1-2H3,(H,36,38)(H,39,40)/t33-/m0/s1. The van der Waals surface area contributed by atoms with E-state index < -0.39 is 17.9 Å². The topological polar surface area (TPSA) is 88.0 Å². The van der Waals surface area contributed by atoms with E-state index >= 15 is 0 Å². The van der Waals surface area contributed by atoms with Gasteiger partial charge in [0.25, 0.3) is 5.91 Å². The fourth-order valence-corrected chi connectivity index (χ4v) is 5.17. The largest absolute Gasteiger partial charge is 0.480 e. The molecule has 216 valence electrons. The van der Waals surface area contributed by atoms with Gasteiger partial charge in [-0.05, 0) is 70.9 Å². The number of oxime groups is 1. The van der Waals surface area contributed by atoms with E-state index in [1.165, 1.54) is 0 Å². The highest BCUT2D eigenvalue weighted by Crippen LogP contribution is 2.29. The van der Waals surface area contributed by atoms with Crippen LogP contribution in [-0.4, -0.2) is 40.7 Å². The van der Waals surface area contributed by atoms with Crippen LogP contribution in [0.25, 0.3) is 11.1 Å². The smallest absolute Gasteiger partial charge is 0.326 e. The third-order valence-electron chi connectivity index (χ3n) is 6.90. The molecule has 0 saturated heterocycles. The number of benzene rings is 4. The number of nitrogens with zero attached hydrogens (tertiary/aromatic N) is 1. The molecule has 1 atom stereocenters. The van der Waals surface area contributed by atoms with Crippen molar-refractivity contribution in [1.29, 1.82) is 0 Å². The first-order chi connectivity index (χ1) is 20.4. The van der Waals surface area contributed by atoms with Crippen LogP contribution in [0.3, 0.4) is 0 Å². The van der Waals surface area contributed by atoms with Gasteiger partial charge in [0.1, 0.15) is 12.6 Å². The van der Waals surface area contributed by atoms with Gasteiger partial charge in [0.05, 0.1) is 5.71 Å². The molecule has 7 heteroatoms. The van der Waals surface area contributed by atoms with Crippen LogP contribution < -0.4 is 5.32 Å². The summed E-state index contributed by atoms with van der Waals surface area (Å²) in [4.78, 5) is 31.0. The van der Waals surface area contributed by atoms with E-state index in [0.29, 0.717) is 30.6 Å². The lowest BCUT2D eigenvalue weighted by Gasteiger charge is -2.17. The van der Waals surface area contributed by atoms with E-state index in [-0.39, 0.29) is 6.61 Å². The molecular weight excluding hydrogens is 544 g/mol. The summed E-state index contributed by atoms with van der Waals surface area (Å²) in [6.45, 7) is 2.21. The molecule has 0 aliphatic rings. The Labute approximate surface area is 251 Å². The molecule has 0 aliphatic carbocycles. The van der Waals surface area contributed by atoms with E-state index in [9.17, 15) is 14.7 Å². The molecule has 4 rings (SSSR count). The van der Waals surface area contributed by atoms with Crippen molar-refractivity contribution in [3.05, 3.63) is 131 Å². The number of nitrogens with one attached hydrogen (secondary N) is 1. The van der Waals surface area contributed by atoms with Gasteiger partial charge in [0.15, 0.2) is 0 Å². The van der Waals surface area contributed by atoms with Crippen molar-refractivity contribution in [3.63, 3.8) is 0 Å². The molecular formula is C35H36N2O4S. The summed E-state index contributed by atoms with van der Waals surface area (Å²) >= 11 is 1.55. The number of thioether (sulfide) groups is 1. The second-order valence-electron chi connectivity index (χ2n) is 10.1. The Bertz CT molecular complexity index is 1460. The van der Waals surface area contributed by atoms with Crippen LogP contribution in [0.4, 0.5) is 0 Å². The summed E-state index contributed by atoms with van der Waals surface area (Å²) in [6.07, 6.45) is 3.60. The number of carboxylic acid groups (broad SMARTS) is 1. The van der Waals surface area contributed by atoms with Crippen molar-refractivity contribution in [2.24, 2.45) is 5.16 Å². The molecule has 0 saturated carbocycles. The molecule has 0 aliphatic heterocycles. The lowest BCUT2D eigenvalue weighted by molar-refractivity contribution is -0.139. The Morgan fingerprint density at radius 1 is 0.833 bits per heavy atom. The Balaban J connectivity index is 1.58. The number of hydrogen-bond donors (Lipinski definition) is 2. The van der Waals surface area contributed by atoms with Crippen LogP contribution in [0, 0.1) is 6.92 Å². The van der Waals surface area contributed by atoms with Gasteiger partial charge in [-0.3, -0.25) is 4.79 Å². The lowest BCUT2D eigenvalue weighted by Crippen LogP contribution is -2.41. The predicted octanol–water partition coefficient (Wildman–Crippen LogP) is 6.96. The third kappa shape index (κ3) is 8.82. The number of aliphatic carboxylic acids is 1. The summed E-state index contributed by atoms with van der Waals surface area (Å²) in [6, 6.07) is 32.7. The quantitative estimate of drug-likeness (QED) is 0.124. The molecule has 4 aromatic rings. The van der Waals surface area contributed by atoms with Crippen molar-refractivity contribution in [3.8, 4) is 11.1 Å². The number of carbonyl (C=O) groups is 2. The third-order valence-corrected chi connectivity index (χ3v) is 7.55. The molecule has 0 radical (unpaired) electrons. The summed E-state index contributed by atoms with van der Waals surface area (Å²) in [5.41, 5.74) is 7.12. The van der Waals surface area contributed by atoms with Crippen LogP contribution in [0.15, 0.2) is 108 Å². The number of rotatable bonds is 14. The van der Waals surface area contributed by atoms with Gasteiger partial charge in [0.2, 0.25) is 0 Å². The average Bonchev–Trinajstić information content (AvgIpc) is 3.00. The fraction of sp³-hybridized carbons (Fsp3) is 0.229. The molecule has 0 unspecified atom stereocenters. The molecule has 0 bridgehead atoms. The van der Waals surface area contributed by atoms with Crippen molar-refractivity contribution in [2.45, 2.75) is 38.8 Å². The SMILES string of the molecule is CSCC[C@H](NC(=O)c1ccc(CON=C(Cc2ccccc2)Cc2ccccc2)cc1-c1ccccc1C)C(=O)O. The van der Waals surface area contributed by atoms with Gasteiger partial charge < -0.3 is 15.3 Å². The highest BCUT2D eigenvalue weighted by Gasteiger charge is 2.23. The monoisotopic (exact) mass is 580 g/mol. The minimum Gasteiger partial charge on any atom is -0.480 e. The molecule has 4 aromatic carbocycles. The molecule has 0 heterocycles. The van der Waals surface area contributed by atoms with E-state index in [1.54, 1.807) is 17.8 Å². The Morgan fingerprint density at radius 2 is 1.45 bits per heavy atom. The first kappa shape index (κ1) is 30.6. The molecule has 2 N–H and O–H groups in total. The first-order valence-electron chi connectivity index (χ1n) is 13.9. The molecule has 0 aromatic heterocycles. The molecule has 6 nitrogen and oxygen atoms in total. The summed E-state index contributed by atoms with van der Waals surface area (Å²) < 4.78 is 0. The Hall–Kier alpha value is -4.36. The molecule has 0 fully saturated rings. The zero-order valence-electron chi connectivity index (χ0n) is 24.0. The predicted molar refractivity (Wildman–Crippen MR) is 171 cm³/mol. The molecule has 42 heavy (non-hydrogen) atoms. The van der Waals surface area contributed by atoms with Gasteiger partial charge in [-0.15, -0.1) is 0 Å². The number of hydrogen-bond acceptors (Lipinski definition) is 5. The molecule has 1 amide bonds. The Kier molecular flexibility index (Phi) is 11.4. The van der Waals surface area contributed by atoms with E-state index in [0.717, 1.165) is 39.1 Å².